The Morgan fingerprint density at radius 3 is 2.59 bits per heavy atom. The molecule has 1 fully saturated rings. The number of alkyl halides is 2. The number of nitrogens with zero attached hydrogens (tertiary/aromatic N) is 5. The first-order valence-electron chi connectivity index (χ1n) is 9.75. The quantitative estimate of drug-likeness (QED) is 0.637. The monoisotopic (exact) mass is 399 g/mol. The molecule has 6 nitrogen and oxygen atoms in total. The predicted molar refractivity (Wildman–Crippen MR) is 106 cm³/mol. The molecule has 4 heterocycles. The van der Waals surface area contributed by atoms with Crippen LogP contribution >= 0.6 is 0 Å². The first-order chi connectivity index (χ1) is 14.0. The van der Waals surface area contributed by atoms with Crippen LogP contribution in [0.4, 0.5) is 8.78 Å². The fourth-order valence-corrected chi connectivity index (χ4v) is 3.85. The Bertz CT molecular complexity index is 1010. The van der Waals surface area contributed by atoms with Crippen molar-refractivity contribution in [3.05, 3.63) is 42.6 Å². The van der Waals surface area contributed by atoms with Crippen molar-refractivity contribution in [3.8, 4) is 11.3 Å². The summed E-state index contributed by atoms with van der Waals surface area (Å²) in [6, 6.07) is 3.91. The number of carbonyl (C=O) groups excluding carboxylic acids is 1. The second kappa shape index (κ2) is 8.32. The number of Topliss-reactive ketones (excluding diaryl/α,β-unsaturated/α-hetero) is 1. The molecule has 0 spiro atoms. The van der Waals surface area contributed by atoms with E-state index in [0.717, 1.165) is 27.7 Å². The number of fused-ring (bicyclic) bond motifs is 1. The van der Waals surface area contributed by atoms with Crippen LogP contribution in [0.1, 0.15) is 18.5 Å². The van der Waals surface area contributed by atoms with E-state index < -0.39 is 6.43 Å². The number of halogens is 2. The van der Waals surface area contributed by atoms with Gasteiger partial charge in [0.1, 0.15) is 5.78 Å². The molecule has 0 bridgehead atoms. The standard InChI is InChI=1S/C21H23F2N5O/c1-27-12-17(11-26-27)19-7-15-6-18(24-9-16(15)10-25-19)8-20(29)14-2-4-28(5-3-14)13-21(22)23/h6-7,9-12,14,21H,2-5,8,13H2,1H3. The first-order valence-corrected chi connectivity index (χ1v) is 9.75. The normalized spacial score (nSPS) is 16.0. The van der Waals surface area contributed by atoms with Crippen LogP contribution in [-0.4, -0.2) is 56.5 Å². The Kier molecular flexibility index (Phi) is 5.62. The van der Waals surface area contributed by atoms with Crippen molar-refractivity contribution < 1.29 is 13.6 Å². The maximum absolute atomic E-state index is 12.7. The summed E-state index contributed by atoms with van der Waals surface area (Å²) in [4.78, 5) is 23.3. The second-order valence-corrected chi connectivity index (χ2v) is 7.60. The highest BCUT2D eigenvalue weighted by Gasteiger charge is 2.26. The third kappa shape index (κ3) is 4.64. The Morgan fingerprint density at radius 1 is 1.14 bits per heavy atom. The van der Waals surface area contributed by atoms with E-state index >= 15 is 0 Å². The van der Waals surface area contributed by atoms with Crippen LogP contribution in [0.5, 0.6) is 0 Å². The molecule has 1 aliphatic heterocycles. The fraction of sp³-hybridized carbons (Fsp3) is 0.429. The number of aryl methyl sites for hydroxylation is 1. The van der Waals surface area contributed by atoms with E-state index in [1.807, 2.05) is 25.4 Å². The number of piperidine rings is 1. The minimum Gasteiger partial charge on any atom is -0.299 e. The number of hydrogen-bond donors (Lipinski definition) is 0. The highest BCUT2D eigenvalue weighted by atomic mass is 19.3. The summed E-state index contributed by atoms with van der Waals surface area (Å²) in [7, 11) is 1.86. The molecule has 4 rings (SSSR count). The first kappa shape index (κ1) is 19.6. The number of aromatic nitrogens is 4. The van der Waals surface area contributed by atoms with Crippen molar-refractivity contribution >= 4 is 16.6 Å². The molecule has 0 radical (unpaired) electrons. The minimum absolute atomic E-state index is 0.0789. The zero-order valence-electron chi connectivity index (χ0n) is 16.3. The third-order valence-electron chi connectivity index (χ3n) is 5.45. The Balaban J connectivity index is 1.44. The summed E-state index contributed by atoms with van der Waals surface area (Å²) in [5.74, 6) is 0.0555. The maximum atomic E-state index is 12.7. The van der Waals surface area contributed by atoms with Gasteiger partial charge in [-0.3, -0.25) is 24.3 Å². The summed E-state index contributed by atoms with van der Waals surface area (Å²) in [5, 5.41) is 6.06. The number of hydrogen-bond acceptors (Lipinski definition) is 5. The number of carbonyl (C=O) groups is 1. The van der Waals surface area contributed by atoms with Gasteiger partial charge in [0, 0.05) is 54.6 Å². The van der Waals surface area contributed by atoms with Crippen LogP contribution in [0.3, 0.4) is 0 Å². The molecular formula is C21H23F2N5O. The third-order valence-corrected chi connectivity index (χ3v) is 5.45. The van der Waals surface area contributed by atoms with E-state index in [-0.39, 0.29) is 24.7 Å². The molecule has 29 heavy (non-hydrogen) atoms. The fourth-order valence-electron chi connectivity index (χ4n) is 3.85. The average molecular weight is 399 g/mol. The smallest absolute Gasteiger partial charge is 0.251 e. The van der Waals surface area contributed by atoms with Gasteiger partial charge in [-0.15, -0.1) is 0 Å². The number of likely N-dealkylation sites (tertiary alicyclic amines) is 1. The van der Waals surface area contributed by atoms with Gasteiger partial charge in [0.25, 0.3) is 6.43 Å². The highest BCUT2D eigenvalue weighted by molar-refractivity contribution is 5.87. The van der Waals surface area contributed by atoms with Gasteiger partial charge < -0.3 is 0 Å². The molecule has 152 valence electrons. The molecule has 8 heteroatoms. The van der Waals surface area contributed by atoms with Gasteiger partial charge in [-0.05, 0) is 43.5 Å². The predicted octanol–water partition coefficient (Wildman–Crippen LogP) is 3.12. The van der Waals surface area contributed by atoms with Crippen molar-refractivity contribution in [2.24, 2.45) is 13.0 Å². The van der Waals surface area contributed by atoms with Crippen molar-refractivity contribution in [2.75, 3.05) is 19.6 Å². The Morgan fingerprint density at radius 2 is 1.90 bits per heavy atom. The van der Waals surface area contributed by atoms with Crippen LogP contribution in [0.2, 0.25) is 0 Å². The molecule has 3 aromatic rings. The van der Waals surface area contributed by atoms with Gasteiger partial charge in [0.2, 0.25) is 0 Å². The van der Waals surface area contributed by atoms with Gasteiger partial charge in [0.15, 0.2) is 0 Å². The zero-order chi connectivity index (χ0) is 20.4. The van der Waals surface area contributed by atoms with Crippen LogP contribution in [0.15, 0.2) is 36.9 Å². The Hall–Kier alpha value is -2.74. The SMILES string of the molecule is Cn1cc(-c2cc3cc(CC(=O)C4CCN(CC(F)F)CC4)ncc3cn2)cn1. The summed E-state index contributed by atoms with van der Waals surface area (Å²) >= 11 is 0. The van der Waals surface area contributed by atoms with E-state index in [9.17, 15) is 13.6 Å². The lowest BCUT2D eigenvalue weighted by atomic mass is 9.90. The van der Waals surface area contributed by atoms with Gasteiger partial charge in [0.05, 0.1) is 18.4 Å². The van der Waals surface area contributed by atoms with Gasteiger partial charge in [-0.2, -0.15) is 5.10 Å². The maximum Gasteiger partial charge on any atom is 0.251 e. The lowest BCUT2D eigenvalue weighted by Crippen LogP contribution is -2.39. The van der Waals surface area contributed by atoms with Crippen LogP contribution in [0, 0.1) is 5.92 Å². The highest BCUT2D eigenvalue weighted by Crippen LogP contribution is 2.24. The van der Waals surface area contributed by atoms with Crippen LogP contribution in [0.25, 0.3) is 22.0 Å². The van der Waals surface area contributed by atoms with Crippen LogP contribution in [-0.2, 0) is 18.3 Å². The summed E-state index contributed by atoms with van der Waals surface area (Å²) in [6.45, 7) is 0.887. The van der Waals surface area contributed by atoms with Crippen LogP contribution < -0.4 is 0 Å². The Labute approximate surface area is 167 Å². The number of pyridine rings is 2. The van der Waals surface area contributed by atoms with E-state index in [1.165, 1.54) is 0 Å². The molecule has 3 aromatic heterocycles. The van der Waals surface area contributed by atoms with E-state index in [1.54, 1.807) is 28.2 Å². The largest absolute Gasteiger partial charge is 0.299 e. The van der Waals surface area contributed by atoms with Crippen molar-refractivity contribution in [1.29, 1.82) is 0 Å². The number of rotatable bonds is 6. The molecule has 0 aromatic carbocycles. The van der Waals surface area contributed by atoms with Gasteiger partial charge in [-0.25, -0.2) is 8.78 Å². The molecular weight excluding hydrogens is 376 g/mol. The topological polar surface area (TPSA) is 63.9 Å². The lowest BCUT2D eigenvalue weighted by Gasteiger charge is -2.30. The van der Waals surface area contributed by atoms with Gasteiger partial charge in [-0.1, -0.05) is 0 Å². The van der Waals surface area contributed by atoms with Gasteiger partial charge >= 0.3 is 0 Å². The van der Waals surface area contributed by atoms with E-state index in [2.05, 4.69) is 15.1 Å². The zero-order valence-corrected chi connectivity index (χ0v) is 16.3. The second-order valence-electron chi connectivity index (χ2n) is 7.60. The summed E-state index contributed by atoms with van der Waals surface area (Å²) in [5.41, 5.74) is 2.47. The van der Waals surface area contributed by atoms with E-state index in [0.29, 0.717) is 25.9 Å². The molecule has 0 aliphatic carbocycles. The molecule has 0 saturated carbocycles. The summed E-state index contributed by atoms with van der Waals surface area (Å²) < 4.78 is 26.7. The van der Waals surface area contributed by atoms with Crippen molar-refractivity contribution in [1.82, 2.24) is 24.6 Å². The lowest BCUT2D eigenvalue weighted by molar-refractivity contribution is -0.123. The van der Waals surface area contributed by atoms with E-state index in [4.69, 9.17) is 0 Å². The van der Waals surface area contributed by atoms with Crippen molar-refractivity contribution in [2.45, 2.75) is 25.7 Å². The molecule has 0 atom stereocenters. The molecule has 0 unspecified atom stereocenters. The summed E-state index contributed by atoms with van der Waals surface area (Å²) in [6.07, 6.45) is 6.39. The molecule has 0 amide bonds. The average Bonchev–Trinajstić information content (AvgIpc) is 3.14. The molecule has 1 saturated heterocycles. The van der Waals surface area contributed by atoms with Crippen molar-refractivity contribution in [3.63, 3.8) is 0 Å². The molecule has 0 N–H and O–H groups in total. The number of ketones is 1. The minimum atomic E-state index is -2.32. The molecule has 1 aliphatic rings.